The number of rotatable bonds is 3. The molecule has 0 saturated carbocycles. The van der Waals surface area contributed by atoms with Crippen LogP contribution in [0.3, 0.4) is 0 Å². The van der Waals surface area contributed by atoms with Crippen molar-refractivity contribution in [2.24, 2.45) is 0 Å². The van der Waals surface area contributed by atoms with E-state index in [1.54, 1.807) is 7.05 Å². The molecule has 1 aromatic carbocycles. The fraction of sp³-hybridized carbons (Fsp3) is 0.462. The lowest BCUT2D eigenvalue weighted by Gasteiger charge is -2.23. The van der Waals surface area contributed by atoms with Gasteiger partial charge in [0.1, 0.15) is 13.2 Å². The lowest BCUT2D eigenvalue weighted by atomic mass is 10.00. The fourth-order valence-electron chi connectivity index (χ4n) is 1.93. The molecule has 1 aliphatic heterocycles. The third kappa shape index (κ3) is 2.13. The number of likely N-dealkylation sites (N-methyl/N-ethyl adjacent to an activating group) is 1. The predicted molar refractivity (Wildman–Crippen MR) is 65.2 cm³/mol. The summed E-state index contributed by atoms with van der Waals surface area (Å²) in [6.07, 6.45) is 0. The molecule has 1 aliphatic rings. The molecule has 4 nitrogen and oxygen atoms in total. The van der Waals surface area contributed by atoms with Crippen LogP contribution in [0, 0.1) is 13.8 Å². The van der Waals surface area contributed by atoms with Crippen molar-refractivity contribution in [1.82, 2.24) is 5.32 Å². The van der Waals surface area contributed by atoms with E-state index < -0.39 is 0 Å². The van der Waals surface area contributed by atoms with Gasteiger partial charge in [-0.1, -0.05) is 0 Å². The summed E-state index contributed by atoms with van der Waals surface area (Å²) in [6, 6.07) is 1.88. The molecule has 1 aromatic rings. The zero-order valence-corrected chi connectivity index (χ0v) is 10.4. The Labute approximate surface area is 101 Å². The van der Waals surface area contributed by atoms with Crippen molar-refractivity contribution in [3.05, 3.63) is 22.8 Å². The summed E-state index contributed by atoms with van der Waals surface area (Å²) in [5.74, 6) is 1.34. The number of fused-ring (bicyclic) bond motifs is 1. The maximum atomic E-state index is 12.0. The summed E-state index contributed by atoms with van der Waals surface area (Å²) in [4.78, 5) is 12.0. The molecule has 0 fully saturated rings. The second kappa shape index (κ2) is 4.75. The molecule has 2 rings (SSSR count). The topological polar surface area (TPSA) is 47.6 Å². The van der Waals surface area contributed by atoms with Gasteiger partial charge in [0.25, 0.3) is 0 Å². The Morgan fingerprint density at radius 2 is 1.94 bits per heavy atom. The number of benzene rings is 1. The van der Waals surface area contributed by atoms with Gasteiger partial charge in [-0.05, 0) is 38.1 Å². The van der Waals surface area contributed by atoms with Crippen molar-refractivity contribution in [3.63, 3.8) is 0 Å². The van der Waals surface area contributed by atoms with Crippen LogP contribution in [0.1, 0.15) is 21.5 Å². The maximum absolute atomic E-state index is 12.0. The highest BCUT2D eigenvalue weighted by Crippen LogP contribution is 2.38. The molecule has 0 unspecified atom stereocenters. The molecule has 0 bridgehead atoms. The van der Waals surface area contributed by atoms with Crippen molar-refractivity contribution >= 4 is 5.78 Å². The Kier molecular flexibility index (Phi) is 3.33. The van der Waals surface area contributed by atoms with Crippen LogP contribution in [0.4, 0.5) is 0 Å². The van der Waals surface area contributed by atoms with E-state index in [1.165, 1.54) is 0 Å². The van der Waals surface area contributed by atoms with E-state index in [-0.39, 0.29) is 5.78 Å². The van der Waals surface area contributed by atoms with E-state index >= 15 is 0 Å². The van der Waals surface area contributed by atoms with E-state index in [1.807, 2.05) is 19.9 Å². The lowest BCUT2D eigenvalue weighted by Crippen LogP contribution is -2.23. The minimum absolute atomic E-state index is 0.0253. The molecular formula is C13H17NO3. The Morgan fingerprint density at radius 3 is 2.59 bits per heavy atom. The minimum atomic E-state index is 0.0253. The van der Waals surface area contributed by atoms with Crippen LogP contribution in [-0.2, 0) is 0 Å². The van der Waals surface area contributed by atoms with Crippen LogP contribution in [0.2, 0.25) is 0 Å². The highest BCUT2D eigenvalue weighted by atomic mass is 16.6. The Morgan fingerprint density at radius 1 is 1.29 bits per heavy atom. The fourth-order valence-corrected chi connectivity index (χ4v) is 1.93. The van der Waals surface area contributed by atoms with Gasteiger partial charge in [0.15, 0.2) is 17.3 Å². The molecule has 0 aliphatic carbocycles. The molecule has 1 heterocycles. The van der Waals surface area contributed by atoms with E-state index in [0.29, 0.717) is 31.1 Å². The summed E-state index contributed by atoms with van der Waals surface area (Å²) in [5.41, 5.74) is 2.70. The molecular weight excluding hydrogens is 218 g/mol. The number of aryl methyl sites for hydroxylation is 1. The highest BCUT2D eigenvalue weighted by Gasteiger charge is 2.23. The molecule has 0 saturated heterocycles. The SMILES string of the molecule is CNCC(=O)c1cc(C)c(C)c2c1OCCO2. The zero-order chi connectivity index (χ0) is 12.4. The predicted octanol–water partition coefficient (Wildman–Crippen LogP) is 1.48. The van der Waals surface area contributed by atoms with Gasteiger partial charge in [-0.15, -0.1) is 0 Å². The van der Waals surface area contributed by atoms with Gasteiger partial charge in [-0.3, -0.25) is 4.79 Å². The van der Waals surface area contributed by atoms with Crippen LogP contribution >= 0.6 is 0 Å². The molecule has 0 aromatic heterocycles. The Balaban J connectivity index is 2.52. The summed E-state index contributed by atoms with van der Waals surface area (Å²) in [6.45, 7) is 5.30. The number of ether oxygens (including phenoxy) is 2. The second-order valence-electron chi connectivity index (χ2n) is 4.17. The number of hydrogen-bond acceptors (Lipinski definition) is 4. The van der Waals surface area contributed by atoms with Crippen LogP contribution in [0.15, 0.2) is 6.07 Å². The van der Waals surface area contributed by atoms with Gasteiger partial charge in [-0.25, -0.2) is 0 Å². The van der Waals surface area contributed by atoms with E-state index in [2.05, 4.69) is 5.32 Å². The van der Waals surface area contributed by atoms with Crippen molar-refractivity contribution in [2.75, 3.05) is 26.8 Å². The standard InChI is InChI=1S/C13H17NO3/c1-8-6-10(11(15)7-14-3)13-12(9(8)2)16-4-5-17-13/h6,14H,4-5,7H2,1-3H3. The Bertz CT molecular complexity index is 454. The van der Waals surface area contributed by atoms with Crippen molar-refractivity contribution in [3.8, 4) is 11.5 Å². The summed E-state index contributed by atoms with van der Waals surface area (Å²) >= 11 is 0. The maximum Gasteiger partial charge on any atom is 0.180 e. The normalized spacial score (nSPS) is 13.6. The van der Waals surface area contributed by atoms with Gasteiger partial charge in [0.2, 0.25) is 0 Å². The molecule has 0 amide bonds. The first-order chi connectivity index (χ1) is 8.15. The van der Waals surface area contributed by atoms with Crippen molar-refractivity contribution in [2.45, 2.75) is 13.8 Å². The number of Topliss-reactive ketones (excluding diaryl/α,β-unsaturated/α-hetero) is 1. The molecule has 1 N–H and O–H groups in total. The van der Waals surface area contributed by atoms with Crippen molar-refractivity contribution in [1.29, 1.82) is 0 Å². The number of hydrogen-bond donors (Lipinski definition) is 1. The third-order valence-electron chi connectivity index (χ3n) is 2.96. The van der Waals surface area contributed by atoms with Crippen LogP contribution < -0.4 is 14.8 Å². The molecule has 92 valence electrons. The number of nitrogens with one attached hydrogen (secondary N) is 1. The quantitative estimate of drug-likeness (QED) is 0.806. The molecule has 0 atom stereocenters. The number of carbonyl (C=O) groups excluding carboxylic acids is 1. The zero-order valence-electron chi connectivity index (χ0n) is 10.4. The van der Waals surface area contributed by atoms with Gasteiger partial charge in [0.05, 0.1) is 12.1 Å². The van der Waals surface area contributed by atoms with Crippen LogP contribution in [-0.4, -0.2) is 32.6 Å². The summed E-state index contributed by atoms with van der Waals surface area (Å²) < 4.78 is 11.2. The minimum Gasteiger partial charge on any atom is -0.486 e. The van der Waals surface area contributed by atoms with Gasteiger partial charge >= 0.3 is 0 Å². The van der Waals surface area contributed by atoms with Crippen molar-refractivity contribution < 1.29 is 14.3 Å². The Hall–Kier alpha value is -1.55. The van der Waals surface area contributed by atoms with Gasteiger partial charge in [-0.2, -0.15) is 0 Å². The highest BCUT2D eigenvalue weighted by molar-refractivity contribution is 6.01. The van der Waals surface area contributed by atoms with Crippen LogP contribution in [0.5, 0.6) is 11.5 Å². The van der Waals surface area contributed by atoms with E-state index in [9.17, 15) is 4.79 Å². The largest absolute Gasteiger partial charge is 0.486 e. The lowest BCUT2D eigenvalue weighted by molar-refractivity contribution is 0.0982. The van der Waals surface area contributed by atoms with E-state index in [0.717, 1.165) is 16.9 Å². The third-order valence-corrected chi connectivity index (χ3v) is 2.96. The second-order valence-corrected chi connectivity index (χ2v) is 4.17. The summed E-state index contributed by atoms with van der Waals surface area (Å²) in [5, 5.41) is 2.86. The average molecular weight is 235 g/mol. The molecule has 4 heteroatoms. The average Bonchev–Trinajstić information content (AvgIpc) is 2.34. The first-order valence-corrected chi connectivity index (χ1v) is 5.72. The van der Waals surface area contributed by atoms with Gasteiger partial charge in [0, 0.05) is 0 Å². The first-order valence-electron chi connectivity index (χ1n) is 5.72. The molecule has 17 heavy (non-hydrogen) atoms. The number of ketones is 1. The van der Waals surface area contributed by atoms with Crippen LogP contribution in [0.25, 0.3) is 0 Å². The molecule has 0 spiro atoms. The first kappa shape index (κ1) is 11.9. The van der Waals surface area contributed by atoms with Gasteiger partial charge < -0.3 is 14.8 Å². The molecule has 0 radical (unpaired) electrons. The number of carbonyl (C=O) groups is 1. The monoisotopic (exact) mass is 235 g/mol. The van der Waals surface area contributed by atoms with E-state index in [4.69, 9.17) is 9.47 Å². The summed E-state index contributed by atoms with van der Waals surface area (Å²) in [7, 11) is 1.75. The smallest absolute Gasteiger partial charge is 0.180 e.